The van der Waals surface area contributed by atoms with Gasteiger partial charge in [0.15, 0.2) is 0 Å². The van der Waals surface area contributed by atoms with Crippen LogP contribution < -0.4 is 5.32 Å². The summed E-state index contributed by atoms with van der Waals surface area (Å²) in [6.07, 6.45) is 2.88. The van der Waals surface area contributed by atoms with Crippen LogP contribution in [0.15, 0.2) is 0 Å². The molecular formula is C12H25ClN2O2. The third-order valence-corrected chi connectivity index (χ3v) is 2.87. The fourth-order valence-corrected chi connectivity index (χ4v) is 1.80. The molecule has 1 aliphatic rings. The first-order valence-electron chi connectivity index (χ1n) is 6.36. The first-order valence-corrected chi connectivity index (χ1v) is 6.36. The van der Waals surface area contributed by atoms with Gasteiger partial charge in [0.25, 0.3) is 5.91 Å². The van der Waals surface area contributed by atoms with E-state index in [1.165, 1.54) is 0 Å². The van der Waals surface area contributed by atoms with Crippen LogP contribution in [-0.2, 0) is 9.53 Å². The van der Waals surface area contributed by atoms with Gasteiger partial charge in [0.2, 0.25) is 0 Å². The van der Waals surface area contributed by atoms with Crippen LogP contribution in [0.5, 0.6) is 0 Å². The second-order valence-electron chi connectivity index (χ2n) is 4.30. The monoisotopic (exact) mass is 264 g/mol. The molecule has 1 N–H and O–H groups in total. The maximum atomic E-state index is 12.0. The fraction of sp³-hybridized carbons (Fsp3) is 0.917. The SMILES string of the molecule is CCCCOC(C)C(=O)N1CCCNCC1.Cl. The summed E-state index contributed by atoms with van der Waals surface area (Å²) in [6, 6.07) is 0. The highest BCUT2D eigenvalue weighted by Gasteiger charge is 2.21. The minimum atomic E-state index is -0.287. The number of hydrogen-bond donors (Lipinski definition) is 1. The number of halogens is 1. The second-order valence-corrected chi connectivity index (χ2v) is 4.30. The fourth-order valence-electron chi connectivity index (χ4n) is 1.80. The van der Waals surface area contributed by atoms with E-state index in [1.54, 1.807) is 0 Å². The highest BCUT2D eigenvalue weighted by Crippen LogP contribution is 2.03. The first-order chi connectivity index (χ1) is 7.75. The van der Waals surface area contributed by atoms with Crippen LogP contribution in [0.25, 0.3) is 0 Å². The van der Waals surface area contributed by atoms with Crippen molar-refractivity contribution in [3.05, 3.63) is 0 Å². The van der Waals surface area contributed by atoms with Gasteiger partial charge in [0.1, 0.15) is 6.10 Å². The van der Waals surface area contributed by atoms with Gasteiger partial charge in [0, 0.05) is 26.2 Å². The Kier molecular flexibility index (Phi) is 9.50. The van der Waals surface area contributed by atoms with E-state index in [0.29, 0.717) is 6.61 Å². The molecular weight excluding hydrogens is 240 g/mol. The molecule has 0 saturated carbocycles. The van der Waals surface area contributed by atoms with Crippen LogP contribution in [0.4, 0.5) is 0 Å². The van der Waals surface area contributed by atoms with E-state index in [4.69, 9.17) is 4.74 Å². The smallest absolute Gasteiger partial charge is 0.251 e. The van der Waals surface area contributed by atoms with E-state index in [9.17, 15) is 4.79 Å². The predicted molar refractivity (Wildman–Crippen MR) is 71.6 cm³/mol. The zero-order chi connectivity index (χ0) is 11.8. The molecule has 0 aromatic heterocycles. The van der Waals surface area contributed by atoms with Crippen molar-refractivity contribution < 1.29 is 9.53 Å². The molecule has 1 rings (SSSR count). The van der Waals surface area contributed by atoms with Gasteiger partial charge in [0.05, 0.1) is 0 Å². The molecule has 0 aliphatic carbocycles. The minimum Gasteiger partial charge on any atom is -0.369 e. The molecule has 5 heteroatoms. The lowest BCUT2D eigenvalue weighted by Crippen LogP contribution is -2.41. The first kappa shape index (κ1) is 16.7. The number of nitrogens with one attached hydrogen (secondary N) is 1. The molecule has 1 aliphatic heterocycles. The number of amides is 1. The van der Waals surface area contributed by atoms with Crippen LogP contribution in [0.2, 0.25) is 0 Å². The Labute approximate surface area is 110 Å². The summed E-state index contributed by atoms with van der Waals surface area (Å²) in [5.74, 6) is 0.139. The highest BCUT2D eigenvalue weighted by molar-refractivity contribution is 5.85. The van der Waals surface area contributed by atoms with Crippen LogP contribution >= 0.6 is 12.4 Å². The summed E-state index contributed by atoms with van der Waals surface area (Å²) in [4.78, 5) is 13.9. The van der Waals surface area contributed by atoms with E-state index in [-0.39, 0.29) is 24.4 Å². The number of ether oxygens (including phenoxy) is 1. The van der Waals surface area contributed by atoms with E-state index in [1.807, 2.05) is 11.8 Å². The zero-order valence-corrected chi connectivity index (χ0v) is 11.7. The normalized spacial score (nSPS) is 18.1. The molecule has 1 atom stereocenters. The lowest BCUT2D eigenvalue weighted by Gasteiger charge is -2.23. The Hall–Kier alpha value is -0.320. The van der Waals surface area contributed by atoms with Gasteiger partial charge >= 0.3 is 0 Å². The van der Waals surface area contributed by atoms with Crippen molar-refractivity contribution in [1.82, 2.24) is 10.2 Å². The average molecular weight is 265 g/mol. The average Bonchev–Trinajstić information content (AvgIpc) is 2.56. The van der Waals surface area contributed by atoms with Gasteiger partial charge < -0.3 is 15.0 Å². The van der Waals surface area contributed by atoms with E-state index < -0.39 is 0 Å². The Morgan fingerprint density at radius 2 is 2.18 bits per heavy atom. The number of nitrogens with zero attached hydrogens (tertiary/aromatic N) is 1. The Balaban J connectivity index is 0.00000256. The summed E-state index contributed by atoms with van der Waals surface area (Å²) in [5, 5.41) is 3.29. The quantitative estimate of drug-likeness (QED) is 0.764. The maximum Gasteiger partial charge on any atom is 0.251 e. The van der Waals surface area contributed by atoms with Crippen molar-refractivity contribution in [1.29, 1.82) is 0 Å². The van der Waals surface area contributed by atoms with Gasteiger partial charge in [-0.05, 0) is 26.3 Å². The zero-order valence-electron chi connectivity index (χ0n) is 10.9. The number of hydrogen-bond acceptors (Lipinski definition) is 3. The molecule has 1 unspecified atom stereocenters. The summed E-state index contributed by atoms with van der Waals surface area (Å²) in [7, 11) is 0. The van der Waals surface area contributed by atoms with Crippen LogP contribution in [0.3, 0.4) is 0 Å². The van der Waals surface area contributed by atoms with Gasteiger partial charge in [-0.1, -0.05) is 13.3 Å². The highest BCUT2D eigenvalue weighted by atomic mass is 35.5. The van der Waals surface area contributed by atoms with Crippen LogP contribution in [-0.4, -0.2) is 49.7 Å². The molecule has 1 heterocycles. The summed E-state index contributed by atoms with van der Waals surface area (Å²) in [6.45, 7) is 8.23. The topological polar surface area (TPSA) is 41.6 Å². The predicted octanol–water partition coefficient (Wildman–Crippen LogP) is 1.44. The van der Waals surface area contributed by atoms with E-state index in [2.05, 4.69) is 12.2 Å². The molecule has 1 amide bonds. The molecule has 17 heavy (non-hydrogen) atoms. The Bertz CT molecular complexity index is 207. The van der Waals surface area contributed by atoms with Crippen molar-refractivity contribution in [3.8, 4) is 0 Å². The van der Waals surface area contributed by atoms with Crippen molar-refractivity contribution >= 4 is 18.3 Å². The Morgan fingerprint density at radius 1 is 1.41 bits per heavy atom. The van der Waals surface area contributed by atoms with E-state index >= 15 is 0 Å². The second kappa shape index (κ2) is 9.68. The summed E-state index contributed by atoms with van der Waals surface area (Å²) < 4.78 is 5.53. The number of unbranched alkanes of at least 4 members (excludes halogenated alkanes) is 1. The van der Waals surface area contributed by atoms with Crippen molar-refractivity contribution in [2.24, 2.45) is 0 Å². The molecule has 102 valence electrons. The van der Waals surface area contributed by atoms with E-state index in [0.717, 1.165) is 45.4 Å². The largest absolute Gasteiger partial charge is 0.369 e. The molecule has 0 spiro atoms. The molecule has 0 aromatic carbocycles. The molecule has 1 saturated heterocycles. The molecule has 0 aromatic rings. The standard InChI is InChI=1S/C12H24N2O2.ClH/c1-3-4-10-16-11(2)12(15)14-8-5-6-13-7-9-14;/h11,13H,3-10H2,1-2H3;1H. The summed E-state index contributed by atoms with van der Waals surface area (Å²) >= 11 is 0. The van der Waals surface area contributed by atoms with Crippen molar-refractivity contribution in [2.45, 2.75) is 39.2 Å². The number of carbonyl (C=O) groups is 1. The minimum absolute atomic E-state index is 0. The lowest BCUT2D eigenvalue weighted by molar-refractivity contribution is -0.142. The maximum absolute atomic E-state index is 12.0. The van der Waals surface area contributed by atoms with Crippen LogP contribution in [0, 0.1) is 0 Å². The molecule has 4 nitrogen and oxygen atoms in total. The third kappa shape index (κ3) is 6.24. The van der Waals surface area contributed by atoms with Gasteiger partial charge in [-0.15, -0.1) is 12.4 Å². The number of rotatable bonds is 5. The van der Waals surface area contributed by atoms with Gasteiger partial charge in [-0.2, -0.15) is 0 Å². The van der Waals surface area contributed by atoms with Crippen molar-refractivity contribution in [2.75, 3.05) is 32.8 Å². The lowest BCUT2D eigenvalue weighted by atomic mass is 10.3. The third-order valence-electron chi connectivity index (χ3n) is 2.87. The van der Waals surface area contributed by atoms with Crippen molar-refractivity contribution in [3.63, 3.8) is 0 Å². The molecule has 1 fully saturated rings. The molecule has 0 radical (unpaired) electrons. The Morgan fingerprint density at radius 3 is 2.88 bits per heavy atom. The number of carbonyl (C=O) groups excluding carboxylic acids is 1. The molecule has 0 bridgehead atoms. The van der Waals surface area contributed by atoms with Crippen LogP contribution in [0.1, 0.15) is 33.1 Å². The van der Waals surface area contributed by atoms with Gasteiger partial charge in [-0.3, -0.25) is 4.79 Å². The van der Waals surface area contributed by atoms with Gasteiger partial charge in [-0.25, -0.2) is 0 Å². The summed E-state index contributed by atoms with van der Waals surface area (Å²) in [5.41, 5.74) is 0.